The van der Waals surface area contributed by atoms with Crippen molar-refractivity contribution in [3.63, 3.8) is 0 Å². The molecule has 0 aromatic carbocycles. The van der Waals surface area contributed by atoms with Crippen LogP contribution in [0.5, 0.6) is 0 Å². The SMILES string of the molecule is C\C=C/N=C\C=C\c1ccco1. The molecule has 0 aliphatic carbocycles. The molecule has 2 heteroatoms. The lowest BCUT2D eigenvalue weighted by Gasteiger charge is -1.78. The first kappa shape index (κ1) is 8.53. The molecule has 1 rings (SSSR count). The molecule has 0 fully saturated rings. The Balaban J connectivity index is 2.41. The summed E-state index contributed by atoms with van der Waals surface area (Å²) >= 11 is 0. The summed E-state index contributed by atoms with van der Waals surface area (Å²) in [6.07, 6.45) is 10.6. The van der Waals surface area contributed by atoms with E-state index in [9.17, 15) is 0 Å². The number of furan rings is 1. The van der Waals surface area contributed by atoms with E-state index >= 15 is 0 Å². The topological polar surface area (TPSA) is 25.5 Å². The molecule has 12 heavy (non-hydrogen) atoms. The van der Waals surface area contributed by atoms with Crippen LogP contribution in [-0.2, 0) is 0 Å². The van der Waals surface area contributed by atoms with E-state index in [2.05, 4.69) is 4.99 Å². The summed E-state index contributed by atoms with van der Waals surface area (Å²) in [4.78, 5) is 3.96. The Morgan fingerprint density at radius 1 is 1.50 bits per heavy atom. The van der Waals surface area contributed by atoms with Gasteiger partial charge in [-0.3, -0.25) is 4.99 Å². The number of nitrogens with zero attached hydrogens (tertiary/aromatic N) is 1. The molecular weight excluding hydrogens is 150 g/mol. The van der Waals surface area contributed by atoms with E-state index in [-0.39, 0.29) is 0 Å². The summed E-state index contributed by atoms with van der Waals surface area (Å²) in [6.45, 7) is 1.92. The number of hydrogen-bond acceptors (Lipinski definition) is 2. The first-order chi connectivity index (χ1) is 5.93. The van der Waals surface area contributed by atoms with Crippen molar-refractivity contribution in [3.8, 4) is 0 Å². The minimum Gasteiger partial charge on any atom is -0.465 e. The third-order valence-corrected chi connectivity index (χ3v) is 1.21. The van der Waals surface area contributed by atoms with E-state index in [0.717, 1.165) is 5.76 Å². The Labute approximate surface area is 71.9 Å². The molecule has 1 aromatic rings. The molecular formula is C10H11NO. The Kier molecular flexibility index (Phi) is 3.64. The van der Waals surface area contributed by atoms with Gasteiger partial charge in [-0.25, -0.2) is 0 Å². The van der Waals surface area contributed by atoms with Gasteiger partial charge in [0, 0.05) is 12.4 Å². The first-order valence-electron chi connectivity index (χ1n) is 3.78. The number of aliphatic imine (C=N–C) groups is 1. The molecule has 0 atom stereocenters. The molecule has 0 bridgehead atoms. The molecule has 2 nitrogen and oxygen atoms in total. The van der Waals surface area contributed by atoms with Crippen LogP contribution in [0.15, 0.2) is 46.2 Å². The van der Waals surface area contributed by atoms with Crippen LogP contribution in [0.3, 0.4) is 0 Å². The fraction of sp³-hybridized carbons (Fsp3) is 0.100. The minimum absolute atomic E-state index is 0.835. The highest BCUT2D eigenvalue weighted by Crippen LogP contribution is 2.00. The van der Waals surface area contributed by atoms with Crippen LogP contribution in [0.4, 0.5) is 0 Å². The first-order valence-corrected chi connectivity index (χ1v) is 3.78. The maximum absolute atomic E-state index is 5.07. The average Bonchev–Trinajstić information content (AvgIpc) is 2.57. The van der Waals surface area contributed by atoms with Crippen LogP contribution in [-0.4, -0.2) is 6.21 Å². The third kappa shape index (κ3) is 3.01. The van der Waals surface area contributed by atoms with Crippen LogP contribution in [0, 0.1) is 0 Å². The molecule has 0 spiro atoms. The van der Waals surface area contributed by atoms with Gasteiger partial charge in [0.1, 0.15) is 5.76 Å². The lowest BCUT2D eigenvalue weighted by Crippen LogP contribution is -1.63. The lowest BCUT2D eigenvalue weighted by molar-refractivity contribution is 0.557. The molecule has 1 heterocycles. The Hall–Kier alpha value is -1.57. The van der Waals surface area contributed by atoms with Crippen molar-refractivity contribution in [1.29, 1.82) is 0 Å². The monoisotopic (exact) mass is 161 g/mol. The van der Waals surface area contributed by atoms with E-state index in [4.69, 9.17) is 4.42 Å². The third-order valence-electron chi connectivity index (χ3n) is 1.21. The maximum atomic E-state index is 5.07. The zero-order valence-electron chi connectivity index (χ0n) is 6.97. The van der Waals surface area contributed by atoms with Crippen molar-refractivity contribution in [3.05, 3.63) is 42.5 Å². The van der Waals surface area contributed by atoms with Gasteiger partial charge in [0.25, 0.3) is 0 Å². The highest BCUT2D eigenvalue weighted by molar-refractivity contribution is 5.77. The Morgan fingerprint density at radius 2 is 2.42 bits per heavy atom. The molecule has 0 saturated heterocycles. The lowest BCUT2D eigenvalue weighted by atomic mass is 10.4. The van der Waals surface area contributed by atoms with E-state index in [1.54, 1.807) is 18.7 Å². The Bertz CT molecular complexity index is 281. The van der Waals surface area contributed by atoms with Crippen LogP contribution >= 0.6 is 0 Å². The summed E-state index contributed by atoms with van der Waals surface area (Å²) in [7, 11) is 0. The predicted octanol–water partition coefficient (Wildman–Crippen LogP) is 2.90. The average molecular weight is 161 g/mol. The van der Waals surface area contributed by atoms with Crippen LogP contribution in [0.2, 0.25) is 0 Å². The number of allylic oxidation sites excluding steroid dienone is 2. The van der Waals surface area contributed by atoms with Crippen LogP contribution in [0.25, 0.3) is 6.08 Å². The molecule has 0 N–H and O–H groups in total. The second kappa shape index (κ2) is 5.13. The van der Waals surface area contributed by atoms with Gasteiger partial charge < -0.3 is 4.42 Å². The van der Waals surface area contributed by atoms with Gasteiger partial charge in [-0.2, -0.15) is 0 Å². The fourth-order valence-electron chi connectivity index (χ4n) is 0.709. The highest BCUT2D eigenvalue weighted by Gasteiger charge is 1.83. The highest BCUT2D eigenvalue weighted by atomic mass is 16.3. The second-order valence-electron chi connectivity index (χ2n) is 2.16. The standard InChI is InChI=1S/C10H11NO/c1-2-7-11-8-3-5-10-6-4-9-12-10/h2-9H,1H3/b5-3+,7-2-,11-8-. The summed E-state index contributed by atoms with van der Waals surface area (Å²) in [5, 5.41) is 0. The molecule has 1 aromatic heterocycles. The smallest absolute Gasteiger partial charge is 0.126 e. The van der Waals surface area contributed by atoms with Gasteiger partial charge in [0.15, 0.2) is 0 Å². The van der Waals surface area contributed by atoms with E-state index in [0.29, 0.717) is 0 Å². The van der Waals surface area contributed by atoms with E-state index in [1.165, 1.54) is 0 Å². The van der Waals surface area contributed by atoms with Gasteiger partial charge in [-0.15, -0.1) is 0 Å². The molecule has 62 valence electrons. The van der Waals surface area contributed by atoms with Crippen molar-refractivity contribution < 1.29 is 4.42 Å². The maximum Gasteiger partial charge on any atom is 0.126 e. The molecule has 0 radical (unpaired) electrons. The van der Waals surface area contributed by atoms with Crippen LogP contribution < -0.4 is 0 Å². The predicted molar refractivity (Wildman–Crippen MR) is 51.0 cm³/mol. The van der Waals surface area contributed by atoms with Crippen molar-refractivity contribution in [1.82, 2.24) is 0 Å². The van der Waals surface area contributed by atoms with Crippen molar-refractivity contribution >= 4 is 12.3 Å². The second-order valence-corrected chi connectivity index (χ2v) is 2.16. The molecule has 0 saturated carbocycles. The number of hydrogen-bond donors (Lipinski definition) is 0. The molecule has 0 unspecified atom stereocenters. The van der Waals surface area contributed by atoms with Crippen molar-refractivity contribution in [2.45, 2.75) is 6.92 Å². The zero-order valence-corrected chi connectivity index (χ0v) is 6.97. The molecule has 0 aliphatic rings. The van der Waals surface area contributed by atoms with Gasteiger partial charge in [0.2, 0.25) is 0 Å². The van der Waals surface area contributed by atoms with E-state index in [1.807, 2.05) is 37.3 Å². The summed E-state index contributed by atoms with van der Waals surface area (Å²) < 4.78 is 5.07. The van der Waals surface area contributed by atoms with Crippen LogP contribution in [0.1, 0.15) is 12.7 Å². The summed E-state index contributed by atoms with van der Waals surface area (Å²) in [6, 6.07) is 3.74. The van der Waals surface area contributed by atoms with Gasteiger partial charge in [-0.1, -0.05) is 6.08 Å². The largest absolute Gasteiger partial charge is 0.465 e. The number of rotatable bonds is 3. The summed E-state index contributed by atoms with van der Waals surface area (Å²) in [5.41, 5.74) is 0. The van der Waals surface area contributed by atoms with E-state index < -0.39 is 0 Å². The molecule has 0 aliphatic heterocycles. The minimum atomic E-state index is 0.835. The van der Waals surface area contributed by atoms with Crippen molar-refractivity contribution in [2.24, 2.45) is 4.99 Å². The normalized spacial score (nSPS) is 12.4. The fourth-order valence-corrected chi connectivity index (χ4v) is 0.709. The Morgan fingerprint density at radius 3 is 3.08 bits per heavy atom. The summed E-state index contributed by atoms with van der Waals surface area (Å²) in [5.74, 6) is 0.835. The quantitative estimate of drug-likeness (QED) is 0.626. The van der Waals surface area contributed by atoms with Crippen molar-refractivity contribution in [2.75, 3.05) is 0 Å². The van der Waals surface area contributed by atoms with Gasteiger partial charge in [-0.05, 0) is 31.2 Å². The zero-order chi connectivity index (χ0) is 8.65. The molecule has 0 amide bonds. The van der Waals surface area contributed by atoms with Gasteiger partial charge in [0.05, 0.1) is 6.26 Å². The van der Waals surface area contributed by atoms with Gasteiger partial charge >= 0.3 is 0 Å².